The van der Waals surface area contributed by atoms with Gasteiger partial charge in [0, 0.05) is 31.3 Å². The Labute approximate surface area is 137 Å². The molecule has 0 radical (unpaired) electrons. The van der Waals surface area contributed by atoms with Gasteiger partial charge in [0.15, 0.2) is 0 Å². The maximum Gasteiger partial charge on any atom is 0.317 e. The number of hydrogen-bond acceptors (Lipinski definition) is 3. The first kappa shape index (κ1) is 18.7. The van der Waals surface area contributed by atoms with Crippen molar-refractivity contribution in [2.45, 2.75) is 39.0 Å². The van der Waals surface area contributed by atoms with Crippen LogP contribution in [0.3, 0.4) is 0 Å². The van der Waals surface area contributed by atoms with Gasteiger partial charge >= 0.3 is 6.03 Å². The molecule has 2 amide bonds. The van der Waals surface area contributed by atoms with Crippen LogP contribution in [0, 0.1) is 0 Å². The molecule has 6 heteroatoms. The number of halogens is 1. The summed E-state index contributed by atoms with van der Waals surface area (Å²) in [5.41, 5.74) is 0.905. The van der Waals surface area contributed by atoms with E-state index < -0.39 is 6.10 Å². The van der Waals surface area contributed by atoms with Crippen molar-refractivity contribution >= 4 is 17.6 Å². The second-order valence-electron chi connectivity index (χ2n) is 5.56. The Morgan fingerprint density at radius 2 is 2.09 bits per heavy atom. The fourth-order valence-corrected chi connectivity index (χ4v) is 2.34. The summed E-state index contributed by atoms with van der Waals surface area (Å²) < 4.78 is 5.42. The van der Waals surface area contributed by atoms with Crippen LogP contribution in [0.1, 0.15) is 32.4 Å². The zero-order valence-corrected chi connectivity index (χ0v) is 14.3. The summed E-state index contributed by atoms with van der Waals surface area (Å²) in [6.45, 7) is 6.10. The van der Waals surface area contributed by atoms with Gasteiger partial charge in [-0.2, -0.15) is 0 Å². The molecule has 5 nitrogen and oxygen atoms in total. The van der Waals surface area contributed by atoms with E-state index in [-0.39, 0.29) is 24.7 Å². The minimum Gasteiger partial charge on any atom is -0.392 e. The number of rotatable bonds is 7. The van der Waals surface area contributed by atoms with Crippen LogP contribution < -0.4 is 5.32 Å². The highest BCUT2D eigenvalue weighted by Gasteiger charge is 2.20. The molecule has 0 aliphatic carbocycles. The monoisotopic (exact) mass is 328 g/mol. The second-order valence-corrected chi connectivity index (χ2v) is 6.00. The van der Waals surface area contributed by atoms with Gasteiger partial charge < -0.3 is 20.1 Å². The largest absolute Gasteiger partial charge is 0.392 e. The normalized spacial score (nSPS) is 13.8. The van der Waals surface area contributed by atoms with E-state index in [0.717, 1.165) is 5.56 Å². The summed E-state index contributed by atoms with van der Waals surface area (Å²) in [7, 11) is 1.59. The van der Waals surface area contributed by atoms with Crippen molar-refractivity contribution in [3.8, 4) is 0 Å². The van der Waals surface area contributed by atoms with Gasteiger partial charge in [0.05, 0.1) is 12.2 Å². The number of urea groups is 1. The molecule has 0 heterocycles. The smallest absolute Gasteiger partial charge is 0.317 e. The lowest BCUT2D eigenvalue weighted by Crippen LogP contribution is -2.47. The van der Waals surface area contributed by atoms with Gasteiger partial charge in [-0.05, 0) is 38.5 Å². The molecule has 0 aliphatic rings. The molecule has 1 rings (SSSR count). The highest BCUT2D eigenvalue weighted by atomic mass is 35.5. The van der Waals surface area contributed by atoms with Gasteiger partial charge in [0.25, 0.3) is 0 Å². The van der Waals surface area contributed by atoms with Crippen molar-refractivity contribution in [3.05, 3.63) is 34.9 Å². The summed E-state index contributed by atoms with van der Waals surface area (Å²) in [5.74, 6) is 0. The lowest BCUT2D eigenvalue weighted by molar-refractivity contribution is 0.0942. The van der Waals surface area contributed by atoms with Crippen LogP contribution in [0.2, 0.25) is 5.02 Å². The van der Waals surface area contributed by atoms with Crippen LogP contribution in [0.15, 0.2) is 24.3 Å². The average molecular weight is 329 g/mol. The topological polar surface area (TPSA) is 61.8 Å². The van der Waals surface area contributed by atoms with Crippen LogP contribution in [0.4, 0.5) is 4.79 Å². The number of aliphatic hydroxyl groups excluding tert-OH is 1. The molecule has 2 unspecified atom stereocenters. The van der Waals surface area contributed by atoms with Crippen LogP contribution >= 0.6 is 11.6 Å². The lowest BCUT2D eigenvalue weighted by Gasteiger charge is -2.29. The number of nitrogens with zero attached hydrogens (tertiary/aromatic N) is 1. The van der Waals surface area contributed by atoms with Gasteiger partial charge in [0.1, 0.15) is 0 Å². The maximum atomic E-state index is 12.3. The number of carbonyl (C=O) groups excluding carboxylic acids is 1. The summed E-state index contributed by atoms with van der Waals surface area (Å²) in [5, 5.41) is 13.0. The fourth-order valence-electron chi connectivity index (χ4n) is 2.14. The molecule has 1 aromatic rings. The SMILES string of the molecule is COC(CNC(=O)N(CC(C)O)C(C)C)c1cccc(Cl)c1. The number of amides is 2. The van der Waals surface area contributed by atoms with E-state index in [0.29, 0.717) is 11.6 Å². The molecule has 0 aliphatic heterocycles. The van der Waals surface area contributed by atoms with Crippen LogP contribution in [0.25, 0.3) is 0 Å². The summed E-state index contributed by atoms with van der Waals surface area (Å²) >= 11 is 5.98. The van der Waals surface area contributed by atoms with Crippen molar-refractivity contribution in [1.82, 2.24) is 10.2 Å². The van der Waals surface area contributed by atoms with E-state index in [1.165, 1.54) is 0 Å². The van der Waals surface area contributed by atoms with E-state index in [4.69, 9.17) is 16.3 Å². The molecule has 2 N–H and O–H groups in total. The standard InChI is InChI=1S/C16H25ClN2O3/c1-11(2)19(10-12(3)20)16(21)18-9-15(22-4)13-6-5-7-14(17)8-13/h5-8,11-12,15,20H,9-10H2,1-4H3,(H,18,21). The van der Waals surface area contributed by atoms with Crippen LogP contribution in [-0.2, 0) is 4.74 Å². The predicted octanol–water partition coefficient (Wildman–Crippen LogP) is 2.83. The molecule has 0 spiro atoms. The van der Waals surface area contributed by atoms with Gasteiger partial charge in [-0.3, -0.25) is 0 Å². The average Bonchev–Trinajstić information content (AvgIpc) is 2.44. The molecule has 124 valence electrons. The lowest BCUT2D eigenvalue weighted by atomic mass is 10.1. The summed E-state index contributed by atoms with van der Waals surface area (Å²) in [6, 6.07) is 7.14. The minimum atomic E-state index is -0.570. The highest BCUT2D eigenvalue weighted by molar-refractivity contribution is 6.30. The molecule has 22 heavy (non-hydrogen) atoms. The highest BCUT2D eigenvalue weighted by Crippen LogP contribution is 2.19. The third-order valence-corrected chi connectivity index (χ3v) is 3.52. The number of methoxy groups -OCH3 is 1. The first-order chi connectivity index (χ1) is 10.3. The van der Waals surface area contributed by atoms with Gasteiger partial charge in [-0.15, -0.1) is 0 Å². The number of benzene rings is 1. The number of nitrogens with one attached hydrogen (secondary N) is 1. The first-order valence-electron chi connectivity index (χ1n) is 7.36. The van der Waals surface area contributed by atoms with Crippen molar-refractivity contribution in [1.29, 1.82) is 0 Å². The Hall–Kier alpha value is -1.30. The Bertz CT molecular complexity index is 480. The third-order valence-electron chi connectivity index (χ3n) is 3.29. The molecule has 0 aromatic heterocycles. The molecule has 0 bridgehead atoms. The first-order valence-corrected chi connectivity index (χ1v) is 7.73. The number of aliphatic hydroxyl groups is 1. The van der Waals surface area contributed by atoms with E-state index in [9.17, 15) is 9.90 Å². The molecule has 1 aromatic carbocycles. The Balaban J connectivity index is 2.67. The molecule has 2 atom stereocenters. The van der Waals surface area contributed by atoms with Crippen molar-refractivity contribution in [3.63, 3.8) is 0 Å². The summed E-state index contributed by atoms with van der Waals surface area (Å²) in [6.07, 6.45) is -0.845. The maximum absolute atomic E-state index is 12.3. The Morgan fingerprint density at radius 1 is 1.41 bits per heavy atom. The Morgan fingerprint density at radius 3 is 2.59 bits per heavy atom. The van der Waals surface area contributed by atoms with Gasteiger partial charge in [-0.25, -0.2) is 4.79 Å². The molecular formula is C16H25ClN2O3. The quantitative estimate of drug-likeness (QED) is 0.809. The zero-order chi connectivity index (χ0) is 16.7. The fraction of sp³-hybridized carbons (Fsp3) is 0.562. The van der Waals surface area contributed by atoms with Crippen LogP contribution in [0.5, 0.6) is 0 Å². The van der Waals surface area contributed by atoms with Crippen molar-refractivity contribution in [2.24, 2.45) is 0 Å². The van der Waals surface area contributed by atoms with Crippen molar-refractivity contribution in [2.75, 3.05) is 20.2 Å². The molecular weight excluding hydrogens is 304 g/mol. The predicted molar refractivity (Wildman–Crippen MR) is 88.1 cm³/mol. The third kappa shape index (κ3) is 5.83. The Kier molecular flexibility index (Phi) is 7.65. The minimum absolute atomic E-state index is 0.00163. The van der Waals surface area contributed by atoms with E-state index >= 15 is 0 Å². The molecule has 0 fully saturated rings. The van der Waals surface area contributed by atoms with E-state index in [1.807, 2.05) is 32.0 Å². The molecule has 0 saturated carbocycles. The van der Waals surface area contributed by atoms with Crippen LogP contribution in [-0.4, -0.2) is 48.4 Å². The summed E-state index contributed by atoms with van der Waals surface area (Å²) in [4.78, 5) is 13.9. The number of hydrogen-bond donors (Lipinski definition) is 2. The van der Waals surface area contributed by atoms with Crippen molar-refractivity contribution < 1.29 is 14.6 Å². The van der Waals surface area contributed by atoms with Gasteiger partial charge in [0.2, 0.25) is 0 Å². The van der Waals surface area contributed by atoms with E-state index in [2.05, 4.69) is 5.32 Å². The van der Waals surface area contributed by atoms with Gasteiger partial charge in [-0.1, -0.05) is 23.7 Å². The van der Waals surface area contributed by atoms with E-state index in [1.54, 1.807) is 25.0 Å². The second kappa shape index (κ2) is 8.98. The molecule has 0 saturated heterocycles. The number of ether oxygens (including phenoxy) is 1. The zero-order valence-electron chi connectivity index (χ0n) is 13.5. The number of carbonyl (C=O) groups is 1.